The maximum absolute atomic E-state index is 11.7. The van der Waals surface area contributed by atoms with Gasteiger partial charge in [0.05, 0.1) is 17.1 Å². The molecule has 2 heterocycles. The lowest BCUT2D eigenvalue weighted by Gasteiger charge is -2.68. The predicted molar refractivity (Wildman–Crippen MR) is 97.7 cm³/mol. The third kappa shape index (κ3) is 1.45. The number of aliphatic hydroxyl groups is 2. The zero-order chi connectivity index (χ0) is 18.6. The number of para-hydroxylation sites is 1. The Balaban J connectivity index is 1.82. The van der Waals surface area contributed by atoms with E-state index in [1.165, 1.54) is 0 Å². The SMILES string of the molecule is CC1(C)CCC[C@@]2(C)[C@@]34C(O)O[C@@]12CC[C@@]3(C)Oc1ccccc1[C@H]4O. The number of ether oxygens (including phenoxy) is 2. The van der Waals surface area contributed by atoms with Crippen molar-refractivity contribution in [2.45, 2.75) is 83.4 Å². The van der Waals surface area contributed by atoms with Gasteiger partial charge in [0.15, 0.2) is 6.29 Å². The van der Waals surface area contributed by atoms with Crippen molar-refractivity contribution in [2.75, 3.05) is 0 Å². The van der Waals surface area contributed by atoms with Crippen molar-refractivity contribution in [3.63, 3.8) is 0 Å². The molecule has 142 valence electrons. The zero-order valence-corrected chi connectivity index (χ0v) is 16.2. The van der Waals surface area contributed by atoms with Crippen LogP contribution >= 0.6 is 0 Å². The minimum absolute atomic E-state index is 0.0531. The van der Waals surface area contributed by atoms with Gasteiger partial charge in [-0.2, -0.15) is 0 Å². The van der Waals surface area contributed by atoms with E-state index >= 15 is 0 Å². The van der Waals surface area contributed by atoms with Crippen LogP contribution in [0.3, 0.4) is 0 Å². The molecule has 4 heteroatoms. The first-order valence-corrected chi connectivity index (χ1v) is 9.97. The van der Waals surface area contributed by atoms with Crippen LogP contribution in [0.1, 0.15) is 71.5 Å². The van der Waals surface area contributed by atoms with Crippen LogP contribution in [0.15, 0.2) is 24.3 Å². The van der Waals surface area contributed by atoms with Crippen LogP contribution < -0.4 is 4.74 Å². The van der Waals surface area contributed by atoms with E-state index in [2.05, 4.69) is 27.7 Å². The minimum atomic E-state index is -1.04. The van der Waals surface area contributed by atoms with Gasteiger partial charge in [0.25, 0.3) is 0 Å². The summed E-state index contributed by atoms with van der Waals surface area (Å²) >= 11 is 0. The lowest BCUT2D eigenvalue weighted by atomic mass is 9.37. The summed E-state index contributed by atoms with van der Waals surface area (Å²) in [5.74, 6) is 0.735. The van der Waals surface area contributed by atoms with Crippen molar-refractivity contribution < 1.29 is 19.7 Å². The van der Waals surface area contributed by atoms with Gasteiger partial charge in [0.1, 0.15) is 11.4 Å². The summed E-state index contributed by atoms with van der Waals surface area (Å²) in [6, 6.07) is 7.71. The molecule has 2 saturated carbocycles. The molecule has 6 atom stereocenters. The molecule has 2 bridgehead atoms. The number of fused-ring (bicyclic) bond motifs is 1. The molecule has 1 unspecified atom stereocenters. The van der Waals surface area contributed by atoms with Crippen molar-refractivity contribution in [1.82, 2.24) is 0 Å². The topological polar surface area (TPSA) is 58.9 Å². The molecule has 5 rings (SSSR count). The Hall–Kier alpha value is -1.10. The summed E-state index contributed by atoms with van der Waals surface area (Å²) in [7, 11) is 0. The van der Waals surface area contributed by atoms with Crippen LogP contribution in [0.4, 0.5) is 0 Å². The zero-order valence-electron chi connectivity index (χ0n) is 16.2. The average molecular weight is 358 g/mol. The first-order valence-electron chi connectivity index (χ1n) is 9.97. The van der Waals surface area contributed by atoms with Gasteiger partial charge >= 0.3 is 0 Å². The highest BCUT2D eigenvalue weighted by molar-refractivity contribution is 5.44. The van der Waals surface area contributed by atoms with E-state index in [9.17, 15) is 10.2 Å². The molecule has 1 saturated heterocycles. The van der Waals surface area contributed by atoms with Gasteiger partial charge in [-0.15, -0.1) is 0 Å². The van der Waals surface area contributed by atoms with Gasteiger partial charge in [0, 0.05) is 11.0 Å². The first kappa shape index (κ1) is 17.0. The third-order valence-corrected chi connectivity index (χ3v) is 8.89. The Morgan fingerprint density at radius 1 is 0.962 bits per heavy atom. The second-order valence-electron chi connectivity index (χ2n) is 10.0. The molecule has 1 aromatic carbocycles. The molecule has 3 fully saturated rings. The first-order chi connectivity index (χ1) is 12.2. The Kier molecular flexibility index (Phi) is 3.05. The van der Waals surface area contributed by atoms with Gasteiger partial charge in [-0.25, -0.2) is 0 Å². The van der Waals surface area contributed by atoms with Gasteiger partial charge in [-0.05, 0) is 44.1 Å². The Morgan fingerprint density at radius 3 is 2.46 bits per heavy atom. The molecule has 4 nitrogen and oxygen atoms in total. The fourth-order valence-corrected chi connectivity index (χ4v) is 7.71. The molecule has 4 aliphatic rings. The molecule has 26 heavy (non-hydrogen) atoms. The Labute approximate surface area is 155 Å². The number of rotatable bonds is 0. The molecular weight excluding hydrogens is 328 g/mol. The second kappa shape index (κ2) is 4.65. The highest BCUT2D eigenvalue weighted by Crippen LogP contribution is 2.80. The van der Waals surface area contributed by atoms with Gasteiger partial charge in [-0.3, -0.25) is 0 Å². The molecule has 2 aliphatic carbocycles. The fourth-order valence-electron chi connectivity index (χ4n) is 7.71. The molecule has 0 aromatic heterocycles. The molecule has 0 amide bonds. The summed E-state index contributed by atoms with van der Waals surface area (Å²) in [5, 5.41) is 23.1. The lowest BCUT2D eigenvalue weighted by Crippen LogP contribution is -2.73. The van der Waals surface area contributed by atoms with Crippen molar-refractivity contribution in [3.8, 4) is 5.75 Å². The Morgan fingerprint density at radius 2 is 1.69 bits per heavy atom. The van der Waals surface area contributed by atoms with Gasteiger partial charge in [0.2, 0.25) is 0 Å². The van der Waals surface area contributed by atoms with Gasteiger partial charge < -0.3 is 19.7 Å². The smallest absolute Gasteiger partial charge is 0.168 e. The summed E-state index contributed by atoms with van der Waals surface area (Å²) in [6.45, 7) is 8.84. The van der Waals surface area contributed by atoms with E-state index < -0.39 is 29.0 Å². The summed E-state index contributed by atoms with van der Waals surface area (Å²) in [6.07, 6.45) is 2.86. The molecule has 1 spiro atoms. The molecule has 2 aliphatic heterocycles. The van der Waals surface area contributed by atoms with E-state index in [0.717, 1.165) is 43.4 Å². The normalized spacial score (nSPS) is 51.0. The third-order valence-electron chi connectivity index (χ3n) is 8.89. The summed E-state index contributed by atoms with van der Waals surface area (Å²) in [4.78, 5) is 0. The minimum Gasteiger partial charge on any atom is -0.486 e. The van der Waals surface area contributed by atoms with E-state index in [-0.39, 0.29) is 10.8 Å². The number of hydrogen-bond acceptors (Lipinski definition) is 4. The number of aliphatic hydroxyl groups excluding tert-OH is 2. The summed E-state index contributed by atoms with van der Waals surface area (Å²) in [5.41, 5.74) is -1.61. The molecule has 1 aromatic rings. The molecule has 2 N–H and O–H groups in total. The maximum atomic E-state index is 11.7. The van der Waals surface area contributed by atoms with Gasteiger partial charge in [-0.1, -0.05) is 45.4 Å². The number of benzene rings is 1. The van der Waals surface area contributed by atoms with Crippen LogP contribution in [0.5, 0.6) is 5.75 Å². The lowest BCUT2D eigenvalue weighted by molar-refractivity contribution is -0.267. The van der Waals surface area contributed by atoms with E-state index in [1.54, 1.807) is 0 Å². The quantitative estimate of drug-likeness (QED) is 0.737. The monoisotopic (exact) mass is 358 g/mol. The number of hydrogen-bond donors (Lipinski definition) is 2. The van der Waals surface area contributed by atoms with Crippen molar-refractivity contribution in [2.24, 2.45) is 16.2 Å². The van der Waals surface area contributed by atoms with E-state index in [1.807, 2.05) is 24.3 Å². The van der Waals surface area contributed by atoms with E-state index in [0.29, 0.717) is 0 Å². The average Bonchev–Trinajstić information content (AvgIpc) is 2.70. The van der Waals surface area contributed by atoms with Crippen LogP contribution in [0.2, 0.25) is 0 Å². The highest BCUT2D eigenvalue weighted by atomic mass is 16.6. The maximum Gasteiger partial charge on any atom is 0.168 e. The van der Waals surface area contributed by atoms with Crippen molar-refractivity contribution in [1.29, 1.82) is 0 Å². The molecular formula is C22H30O4. The van der Waals surface area contributed by atoms with Crippen LogP contribution in [0, 0.1) is 16.2 Å². The highest BCUT2D eigenvalue weighted by Gasteiger charge is 2.85. The second-order valence-corrected chi connectivity index (χ2v) is 10.0. The van der Waals surface area contributed by atoms with Crippen molar-refractivity contribution in [3.05, 3.63) is 29.8 Å². The largest absolute Gasteiger partial charge is 0.486 e. The fraction of sp³-hybridized carbons (Fsp3) is 0.727. The standard InChI is InChI=1S/C22H30O4/c1-18(2)10-7-11-19(3)21(18)13-12-20(4)22(19,17(24)26-21)16(23)14-8-5-6-9-15(14)25-20/h5-6,8-9,16-17,23-24H,7,10-13H2,1-4H3/t16-,17?,19-,20-,21+,22-/m1/s1. The predicted octanol–water partition coefficient (Wildman–Crippen LogP) is 3.96. The Bertz CT molecular complexity index is 775. The van der Waals surface area contributed by atoms with Crippen molar-refractivity contribution >= 4 is 0 Å². The molecule has 0 radical (unpaired) electrons. The van der Waals surface area contributed by atoms with Crippen LogP contribution in [0.25, 0.3) is 0 Å². The van der Waals surface area contributed by atoms with E-state index in [4.69, 9.17) is 9.47 Å². The van der Waals surface area contributed by atoms with Crippen LogP contribution in [-0.2, 0) is 4.74 Å². The van der Waals surface area contributed by atoms with Crippen LogP contribution in [-0.4, -0.2) is 27.7 Å². The summed E-state index contributed by atoms with van der Waals surface area (Å²) < 4.78 is 13.1.